The Balaban J connectivity index is 1.60. The molecule has 3 aromatic rings. The highest BCUT2D eigenvalue weighted by molar-refractivity contribution is 7.89. The van der Waals surface area contributed by atoms with Crippen molar-refractivity contribution in [3.8, 4) is 0 Å². The smallest absolute Gasteiger partial charge is 0.244 e. The number of aromatic nitrogens is 2. The number of hydrogen-bond donors (Lipinski definition) is 0. The van der Waals surface area contributed by atoms with Gasteiger partial charge in [0.05, 0.1) is 15.9 Å². The van der Waals surface area contributed by atoms with Gasteiger partial charge in [0, 0.05) is 31.2 Å². The molecule has 0 amide bonds. The molecular weight excluding hydrogens is 426 g/mol. The van der Waals surface area contributed by atoms with Crippen LogP contribution in [0.25, 0.3) is 10.9 Å². The Labute approximate surface area is 171 Å². The van der Waals surface area contributed by atoms with Crippen molar-refractivity contribution in [3.05, 3.63) is 58.6 Å². The Morgan fingerprint density at radius 1 is 1.00 bits per heavy atom. The first kappa shape index (κ1) is 19.3. The van der Waals surface area contributed by atoms with E-state index in [0.717, 1.165) is 0 Å². The molecule has 0 spiro atoms. The number of sulfonamides is 1. The third-order valence-corrected chi connectivity index (χ3v) is 7.26. The summed E-state index contributed by atoms with van der Waals surface area (Å²) in [6, 6.07) is 9.01. The highest BCUT2D eigenvalue weighted by Crippen LogP contribution is 2.30. The SMILES string of the molecule is O=S(=O)(c1cc(Cl)ccc1Cl)N1CCN(c2ncnc3cccc(F)c23)CC1. The normalized spacial score (nSPS) is 15.9. The third kappa shape index (κ3) is 3.41. The fourth-order valence-electron chi connectivity index (χ4n) is 3.25. The van der Waals surface area contributed by atoms with Crippen molar-refractivity contribution in [2.24, 2.45) is 0 Å². The molecule has 0 radical (unpaired) electrons. The van der Waals surface area contributed by atoms with E-state index in [9.17, 15) is 12.8 Å². The second kappa shape index (κ2) is 7.44. The van der Waals surface area contributed by atoms with Gasteiger partial charge in [-0.2, -0.15) is 4.31 Å². The number of halogens is 3. The van der Waals surface area contributed by atoms with Crippen LogP contribution in [-0.2, 0) is 10.0 Å². The summed E-state index contributed by atoms with van der Waals surface area (Å²) in [4.78, 5) is 10.2. The van der Waals surface area contributed by atoms with E-state index in [1.54, 1.807) is 12.1 Å². The van der Waals surface area contributed by atoms with E-state index in [-0.39, 0.29) is 23.0 Å². The summed E-state index contributed by atoms with van der Waals surface area (Å²) < 4.78 is 41.6. The van der Waals surface area contributed by atoms with Crippen molar-refractivity contribution < 1.29 is 12.8 Å². The predicted molar refractivity (Wildman–Crippen MR) is 107 cm³/mol. The van der Waals surface area contributed by atoms with Crippen molar-refractivity contribution in [1.82, 2.24) is 14.3 Å². The largest absolute Gasteiger partial charge is 0.353 e. The molecule has 2 heterocycles. The van der Waals surface area contributed by atoms with Crippen LogP contribution in [0.5, 0.6) is 0 Å². The lowest BCUT2D eigenvalue weighted by Crippen LogP contribution is -2.49. The van der Waals surface area contributed by atoms with Crippen LogP contribution >= 0.6 is 23.2 Å². The summed E-state index contributed by atoms with van der Waals surface area (Å²) in [7, 11) is -3.79. The van der Waals surface area contributed by atoms with Crippen LogP contribution in [0, 0.1) is 5.82 Å². The molecule has 0 aliphatic carbocycles. The van der Waals surface area contributed by atoms with E-state index in [1.165, 1.54) is 34.9 Å². The molecule has 2 aromatic carbocycles. The van der Waals surface area contributed by atoms with Crippen molar-refractivity contribution in [1.29, 1.82) is 0 Å². The third-order valence-electron chi connectivity index (χ3n) is 4.64. The first-order chi connectivity index (χ1) is 13.4. The van der Waals surface area contributed by atoms with Gasteiger partial charge >= 0.3 is 0 Å². The monoisotopic (exact) mass is 440 g/mol. The van der Waals surface area contributed by atoms with E-state index in [4.69, 9.17) is 23.2 Å². The number of benzene rings is 2. The zero-order valence-corrected chi connectivity index (χ0v) is 16.8. The fraction of sp³-hybridized carbons (Fsp3) is 0.222. The van der Waals surface area contributed by atoms with Crippen LogP contribution < -0.4 is 4.90 Å². The van der Waals surface area contributed by atoms with Crippen molar-refractivity contribution >= 4 is 49.9 Å². The first-order valence-corrected chi connectivity index (χ1v) is 10.7. The van der Waals surface area contributed by atoms with Crippen molar-refractivity contribution in [2.75, 3.05) is 31.1 Å². The van der Waals surface area contributed by atoms with Gasteiger partial charge in [-0.1, -0.05) is 29.3 Å². The number of hydrogen-bond acceptors (Lipinski definition) is 5. The zero-order valence-electron chi connectivity index (χ0n) is 14.5. The molecule has 146 valence electrons. The minimum absolute atomic E-state index is 0.0198. The molecule has 0 unspecified atom stereocenters. The van der Waals surface area contributed by atoms with Crippen LogP contribution in [0.4, 0.5) is 10.2 Å². The molecule has 1 fully saturated rings. The van der Waals surface area contributed by atoms with E-state index in [0.29, 0.717) is 34.8 Å². The van der Waals surface area contributed by atoms with Gasteiger partial charge < -0.3 is 4.90 Å². The van der Waals surface area contributed by atoms with Gasteiger partial charge in [0.2, 0.25) is 10.0 Å². The summed E-state index contributed by atoms with van der Waals surface area (Å²) in [6.07, 6.45) is 1.38. The molecule has 1 aliphatic heterocycles. The zero-order chi connectivity index (χ0) is 19.9. The molecule has 1 aromatic heterocycles. The van der Waals surface area contributed by atoms with Gasteiger partial charge in [-0.15, -0.1) is 0 Å². The van der Waals surface area contributed by atoms with Gasteiger partial charge in [0.15, 0.2) is 0 Å². The molecule has 0 bridgehead atoms. The maximum Gasteiger partial charge on any atom is 0.244 e. The number of fused-ring (bicyclic) bond motifs is 1. The van der Waals surface area contributed by atoms with E-state index in [2.05, 4.69) is 9.97 Å². The Kier molecular flexibility index (Phi) is 5.13. The van der Waals surface area contributed by atoms with E-state index < -0.39 is 15.8 Å². The second-order valence-corrected chi connectivity index (χ2v) is 9.05. The Morgan fingerprint density at radius 2 is 1.75 bits per heavy atom. The maximum atomic E-state index is 14.3. The molecule has 0 N–H and O–H groups in total. The number of piperazine rings is 1. The van der Waals surface area contributed by atoms with Gasteiger partial charge in [-0.3, -0.25) is 0 Å². The summed E-state index contributed by atoms with van der Waals surface area (Å²) in [6.45, 7) is 1.14. The molecule has 0 atom stereocenters. The Hall–Kier alpha value is -2.00. The van der Waals surface area contributed by atoms with E-state index >= 15 is 0 Å². The number of anilines is 1. The lowest BCUT2D eigenvalue weighted by atomic mass is 10.2. The summed E-state index contributed by atoms with van der Waals surface area (Å²) in [5, 5.41) is 0.749. The standard InChI is InChI=1S/C18H15Cl2FN4O2S/c19-12-4-5-13(20)16(10-12)28(26,27)25-8-6-24(7-9-25)18-17-14(21)2-1-3-15(17)22-11-23-18/h1-5,10-11H,6-9H2. The molecule has 6 nitrogen and oxygen atoms in total. The maximum absolute atomic E-state index is 14.3. The summed E-state index contributed by atoms with van der Waals surface area (Å²) in [5.41, 5.74) is 0.505. The molecule has 28 heavy (non-hydrogen) atoms. The fourth-order valence-corrected chi connectivity index (χ4v) is 5.41. The minimum atomic E-state index is -3.79. The first-order valence-electron chi connectivity index (χ1n) is 8.47. The highest BCUT2D eigenvalue weighted by atomic mass is 35.5. The van der Waals surface area contributed by atoms with Gasteiger partial charge in [-0.05, 0) is 30.3 Å². The van der Waals surface area contributed by atoms with Crippen LogP contribution in [0.1, 0.15) is 0 Å². The second-order valence-electron chi connectivity index (χ2n) is 6.30. The molecular formula is C18H15Cl2FN4O2S. The van der Waals surface area contributed by atoms with Crippen LogP contribution in [-0.4, -0.2) is 48.9 Å². The average molecular weight is 441 g/mol. The van der Waals surface area contributed by atoms with Gasteiger partial charge in [-0.25, -0.2) is 22.8 Å². The lowest BCUT2D eigenvalue weighted by molar-refractivity contribution is 0.384. The van der Waals surface area contributed by atoms with Crippen molar-refractivity contribution in [3.63, 3.8) is 0 Å². The quantitative estimate of drug-likeness (QED) is 0.622. The number of nitrogens with zero attached hydrogens (tertiary/aromatic N) is 4. The molecule has 1 saturated heterocycles. The molecule has 10 heteroatoms. The van der Waals surface area contributed by atoms with Crippen molar-refractivity contribution in [2.45, 2.75) is 4.90 Å². The molecule has 0 saturated carbocycles. The number of rotatable bonds is 3. The molecule has 1 aliphatic rings. The van der Waals surface area contributed by atoms with Crippen LogP contribution in [0.15, 0.2) is 47.6 Å². The average Bonchev–Trinajstić information content (AvgIpc) is 2.69. The van der Waals surface area contributed by atoms with Gasteiger partial charge in [0.25, 0.3) is 0 Å². The van der Waals surface area contributed by atoms with Gasteiger partial charge in [0.1, 0.15) is 22.9 Å². The van der Waals surface area contributed by atoms with Crippen LogP contribution in [0.3, 0.4) is 0 Å². The topological polar surface area (TPSA) is 66.4 Å². The lowest BCUT2D eigenvalue weighted by Gasteiger charge is -2.35. The van der Waals surface area contributed by atoms with Crippen LogP contribution in [0.2, 0.25) is 10.0 Å². The predicted octanol–water partition coefficient (Wildman–Crippen LogP) is 3.59. The van der Waals surface area contributed by atoms with E-state index in [1.807, 2.05) is 4.90 Å². The summed E-state index contributed by atoms with van der Waals surface area (Å²) >= 11 is 12.0. The minimum Gasteiger partial charge on any atom is -0.353 e. The Bertz CT molecular complexity index is 1150. The molecule has 4 rings (SSSR count). The highest BCUT2D eigenvalue weighted by Gasteiger charge is 2.31. The Morgan fingerprint density at radius 3 is 2.50 bits per heavy atom. The summed E-state index contributed by atoms with van der Waals surface area (Å²) in [5.74, 6) is 0.0507.